The molecule has 6 nitrogen and oxygen atoms in total. The zero-order valence-corrected chi connectivity index (χ0v) is 10.1. The molecule has 7 heteroatoms. The maximum absolute atomic E-state index is 11.8. The number of nitrogens with one attached hydrogen (secondary N) is 2. The Bertz CT molecular complexity index is 541. The van der Waals surface area contributed by atoms with Crippen LogP contribution in [-0.4, -0.2) is 27.4 Å². The predicted molar refractivity (Wildman–Crippen MR) is 65.0 cm³/mol. The number of amides is 1. The summed E-state index contributed by atoms with van der Waals surface area (Å²) in [6, 6.07) is 6.96. The van der Waals surface area contributed by atoms with Gasteiger partial charge in [0.25, 0.3) is 0 Å². The summed E-state index contributed by atoms with van der Waals surface area (Å²) in [5, 5.41) is 2.57. The lowest BCUT2D eigenvalue weighted by molar-refractivity contribution is -0.118. The van der Waals surface area contributed by atoms with Gasteiger partial charge < -0.3 is 5.32 Å². The highest BCUT2D eigenvalue weighted by molar-refractivity contribution is 7.94. The Morgan fingerprint density at radius 1 is 1.41 bits per heavy atom. The first-order valence-electron chi connectivity index (χ1n) is 5.14. The molecule has 0 radical (unpaired) electrons. The molecular weight excluding hydrogens is 242 g/mol. The number of rotatable bonds is 3. The first-order valence-corrected chi connectivity index (χ1v) is 6.58. The normalized spacial score (nSPS) is 16.2. The Labute approximate surface area is 99.8 Å². The molecule has 0 aliphatic carbocycles. The van der Waals surface area contributed by atoms with Crippen LogP contribution in [0.3, 0.4) is 0 Å². The standard InChI is InChI=1S/C10H13N3O3S/c1-8(14)11-6-7-13-10-5-3-2-4-9(10)12-17(13,15)16/h2-5,12H,6-7H2,1H3,(H,11,14). The lowest BCUT2D eigenvalue weighted by Gasteiger charge is -2.16. The molecule has 2 N–H and O–H groups in total. The summed E-state index contributed by atoms with van der Waals surface area (Å²) in [5.41, 5.74) is 1.17. The second kappa shape index (κ2) is 4.25. The fraction of sp³-hybridized carbons (Fsp3) is 0.300. The van der Waals surface area contributed by atoms with E-state index in [1.165, 1.54) is 11.2 Å². The average Bonchev–Trinajstić information content (AvgIpc) is 2.49. The van der Waals surface area contributed by atoms with Crippen molar-refractivity contribution in [1.29, 1.82) is 0 Å². The van der Waals surface area contributed by atoms with Crippen molar-refractivity contribution in [1.82, 2.24) is 5.32 Å². The van der Waals surface area contributed by atoms with Crippen molar-refractivity contribution >= 4 is 27.5 Å². The lowest BCUT2D eigenvalue weighted by atomic mass is 10.3. The molecule has 0 saturated carbocycles. The van der Waals surface area contributed by atoms with Gasteiger partial charge in [0.05, 0.1) is 17.9 Å². The molecule has 92 valence electrons. The van der Waals surface area contributed by atoms with Gasteiger partial charge in [-0.05, 0) is 12.1 Å². The summed E-state index contributed by atoms with van der Waals surface area (Å²) in [6.07, 6.45) is 0. The number of benzene rings is 1. The Balaban J connectivity index is 2.17. The third-order valence-electron chi connectivity index (χ3n) is 2.39. The fourth-order valence-electron chi connectivity index (χ4n) is 1.68. The first-order chi connectivity index (χ1) is 8.00. The van der Waals surface area contributed by atoms with Crippen molar-refractivity contribution in [2.24, 2.45) is 0 Å². The fourth-order valence-corrected chi connectivity index (χ4v) is 2.99. The molecule has 0 fully saturated rings. The van der Waals surface area contributed by atoms with Crippen LogP contribution >= 0.6 is 0 Å². The van der Waals surface area contributed by atoms with Crippen molar-refractivity contribution in [2.45, 2.75) is 6.92 Å². The molecule has 1 aliphatic heterocycles. The quantitative estimate of drug-likeness (QED) is 0.815. The van der Waals surface area contributed by atoms with E-state index in [4.69, 9.17) is 0 Å². The highest BCUT2D eigenvalue weighted by Crippen LogP contribution is 2.34. The summed E-state index contributed by atoms with van der Waals surface area (Å²) < 4.78 is 27.3. The van der Waals surface area contributed by atoms with Crippen LogP contribution in [-0.2, 0) is 15.0 Å². The van der Waals surface area contributed by atoms with Crippen LogP contribution in [0.1, 0.15) is 6.92 Å². The predicted octanol–water partition coefficient (Wildman–Crippen LogP) is 0.299. The number of carbonyl (C=O) groups excluding carboxylic acids is 1. The molecule has 1 aliphatic rings. The van der Waals surface area contributed by atoms with Crippen LogP contribution < -0.4 is 14.3 Å². The molecule has 0 saturated heterocycles. The molecule has 0 atom stereocenters. The first kappa shape index (κ1) is 11.7. The third-order valence-corrected chi connectivity index (χ3v) is 3.83. The van der Waals surface area contributed by atoms with Crippen molar-refractivity contribution in [3.05, 3.63) is 24.3 Å². The maximum Gasteiger partial charge on any atom is 0.324 e. The van der Waals surface area contributed by atoms with Gasteiger partial charge in [0.1, 0.15) is 0 Å². The second-order valence-corrected chi connectivity index (χ2v) is 5.27. The monoisotopic (exact) mass is 255 g/mol. The van der Waals surface area contributed by atoms with Crippen molar-refractivity contribution < 1.29 is 13.2 Å². The van der Waals surface area contributed by atoms with Gasteiger partial charge in [0.15, 0.2) is 0 Å². The molecule has 1 aromatic carbocycles. The Kier molecular flexibility index (Phi) is 2.93. The van der Waals surface area contributed by atoms with E-state index in [9.17, 15) is 13.2 Å². The summed E-state index contributed by atoms with van der Waals surface area (Å²) in [6.45, 7) is 1.89. The van der Waals surface area contributed by atoms with Gasteiger partial charge in [-0.2, -0.15) is 8.42 Å². The van der Waals surface area contributed by atoms with Crippen LogP contribution in [0.5, 0.6) is 0 Å². The van der Waals surface area contributed by atoms with Crippen molar-refractivity contribution in [3.8, 4) is 0 Å². The number of fused-ring (bicyclic) bond motifs is 1. The Morgan fingerprint density at radius 3 is 2.82 bits per heavy atom. The molecule has 1 amide bonds. The number of para-hydroxylation sites is 2. The van der Waals surface area contributed by atoms with Crippen LogP contribution in [0.25, 0.3) is 0 Å². The van der Waals surface area contributed by atoms with Crippen molar-refractivity contribution in [2.75, 3.05) is 22.1 Å². The number of anilines is 2. The zero-order valence-electron chi connectivity index (χ0n) is 9.30. The van der Waals surface area contributed by atoms with Gasteiger partial charge in [0, 0.05) is 13.5 Å². The second-order valence-electron chi connectivity index (χ2n) is 3.68. The highest BCUT2D eigenvalue weighted by atomic mass is 32.2. The molecule has 1 aromatic rings. The highest BCUT2D eigenvalue weighted by Gasteiger charge is 2.31. The topological polar surface area (TPSA) is 78.5 Å². The van der Waals surface area contributed by atoms with E-state index in [0.29, 0.717) is 11.4 Å². The third kappa shape index (κ3) is 2.33. The van der Waals surface area contributed by atoms with Crippen molar-refractivity contribution in [3.63, 3.8) is 0 Å². The van der Waals surface area contributed by atoms with E-state index in [-0.39, 0.29) is 19.0 Å². The number of hydrogen-bond donors (Lipinski definition) is 2. The molecule has 1 heterocycles. The van der Waals surface area contributed by atoms with Gasteiger partial charge in [-0.1, -0.05) is 12.1 Å². The maximum atomic E-state index is 11.8. The number of hydrogen-bond acceptors (Lipinski definition) is 3. The Hall–Kier alpha value is -1.76. The lowest BCUT2D eigenvalue weighted by Crippen LogP contribution is -2.37. The number of carbonyl (C=O) groups is 1. The van der Waals surface area contributed by atoms with E-state index in [1.807, 2.05) is 0 Å². The Morgan fingerprint density at radius 2 is 2.12 bits per heavy atom. The summed E-state index contributed by atoms with van der Waals surface area (Å²) >= 11 is 0. The van der Waals surface area contributed by atoms with Gasteiger partial charge in [-0.3, -0.25) is 9.52 Å². The van der Waals surface area contributed by atoms with E-state index in [2.05, 4.69) is 10.0 Å². The van der Waals surface area contributed by atoms with Crippen LogP contribution in [0.15, 0.2) is 24.3 Å². The molecule has 0 aromatic heterocycles. The van der Waals surface area contributed by atoms with E-state index >= 15 is 0 Å². The van der Waals surface area contributed by atoms with Gasteiger partial charge in [0.2, 0.25) is 5.91 Å². The minimum Gasteiger partial charge on any atom is -0.355 e. The van der Waals surface area contributed by atoms with Crippen LogP contribution in [0.2, 0.25) is 0 Å². The SMILES string of the molecule is CC(=O)NCCN1c2ccccc2NS1(=O)=O. The number of nitrogens with zero attached hydrogens (tertiary/aromatic N) is 1. The van der Waals surface area contributed by atoms with E-state index in [0.717, 1.165) is 0 Å². The molecule has 2 rings (SSSR count). The molecule has 0 unspecified atom stereocenters. The molecule has 0 spiro atoms. The van der Waals surface area contributed by atoms with Crippen LogP contribution in [0.4, 0.5) is 11.4 Å². The minimum absolute atomic E-state index is 0.178. The zero-order chi connectivity index (χ0) is 12.5. The smallest absolute Gasteiger partial charge is 0.324 e. The summed E-state index contributed by atoms with van der Waals surface area (Å²) in [4.78, 5) is 10.7. The summed E-state index contributed by atoms with van der Waals surface area (Å²) in [5.74, 6) is -0.178. The average molecular weight is 255 g/mol. The largest absolute Gasteiger partial charge is 0.355 e. The van der Waals surface area contributed by atoms with Gasteiger partial charge >= 0.3 is 10.2 Å². The molecular formula is C10H13N3O3S. The van der Waals surface area contributed by atoms with E-state index < -0.39 is 10.2 Å². The minimum atomic E-state index is -3.51. The van der Waals surface area contributed by atoms with Gasteiger partial charge in [-0.15, -0.1) is 0 Å². The van der Waals surface area contributed by atoms with Gasteiger partial charge in [-0.25, -0.2) is 4.31 Å². The molecule has 17 heavy (non-hydrogen) atoms. The van der Waals surface area contributed by atoms with Crippen LogP contribution in [0, 0.1) is 0 Å². The molecule has 0 bridgehead atoms. The summed E-state index contributed by atoms with van der Waals surface area (Å²) in [7, 11) is -3.51. The van der Waals surface area contributed by atoms with E-state index in [1.54, 1.807) is 24.3 Å².